The van der Waals surface area contributed by atoms with Crippen LogP contribution in [0.15, 0.2) is 79.5 Å². The monoisotopic (exact) mass is 350 g/mol. The summed E-state index contributed by atoms with van der Waals surface area (Å²) in [5.74, 6) is -0.397. The van der Waals surface area contributed by atoms with Crippen molar-refractivity contribution in [2.75, 3.05) is 6.61 Å². The zero-order chi connectivity index (χ0) is 18.8. The van der Waals surface area contributed by atoms with Crippen molar-refractivity contribution in [2.24, 2.45) is 0 Å². The van der Waals surface area contributed by atoms with E-state index in [1.165, 1.54) is 6.08 Å². The highest BCUT2D eigenvalue weighted by Crippen LogP contribution is 2.23. The second-order valence-electron chi connectivity index (χ2n) is 5.62. The fraction of sp³-hybridized carbons (Fsp3) is 0.182. The van der Waals surface area contributed by atoms with Gasteiger partial charge in [-0.05, 0) is 41.7 Å². The minimum Gasteiger partial charge on any atom is -0.462 e. The summed E-state index contributed by atoms with van der Waals surface area (Å²) in [6, 6.07) is 7.35. The van der Waals surface area contributed by atoms with E-state index in [0.29, 0.717) is 18.8 Å². The van der Waals surface area contributed by atoms with Gasteiger partial charge in [0, 0.05) is 18.6 Å². The highest BCUT2D eigenvalue weighted by molar-refractivity contribution is 5.83. The fourth-order valence-electron chi connectivity index (χ4n) is 2.44. The molecule has 1 aromatic rings. The molecule has 0 saturated heterocycles. The van der Waals surface area contributed by atoms with Crippen LogP contribution < -0.4 is 4.74 Å². The molecule has 0 heterocycles. The number of ether oxygens (including phenoxy) is 2. The van der Waals surface area contributed by atoms with E-state index in [1.54, 1.807) is 12.1 Å². The van der Waals surface area contributed by atoms with Crippen LogP contribution in [0.1, 0.15) is 24.8 Å². The first-order chi connectivity index (χ1) is 12.6. The first-order valence-electron chi connectivity index (χ1n) is 8.43. The molecule has 4 heteroatoms. The molecule has 0 N–H and O–H groups in total. The average molecular weight is 350 g/mol. The molecule has 0 saturated carbocycles. The zero-order valence-electron chi connectivity index (χ0n) is 14.6. The van der Waals surface area contributed by atoms with E-state index >= 15 is 0 Å². The standard InChI is InChI=1S/C22H22O4/c1-3-21(23)25-16-15-17-7-5-6-8-18(10-9-17)19-11-13-20(14-12-19)26-22(24)4-2/h3-4,7-14H,1-2,5-6,15-16H2/b10-9-,17-7+,18-8-. The van der Waals surface area contributed by atoms with Gasteiger partial charge in [0.1, 0.15) is 5.75 Å². The van der Waals surface area contributed by atoms with Gasteiger partial charge in [0.2, 0.25) is 0 Å². The van der Waals surface area contributed by atoms with Gasteiger partial charge in [-0.2, -0.15) is 0 Å². The molecule has 134 valence electrons. The summed E-state index contributed by atoms with van der Waals surface area (Å²) in [5.41, 5.74) is 3.27. The third-order valence-electron chi connectivity index (χ3n) is 3.79. The Labute approximate surface area is 153 Å². The number of carbonyl (C=O) groups excluding carboxylic acids is 2. The van der Waals surface area contributed by atoms with E-state index in [4.69, 9.17) is 9.47 Å². The Bertz CT molecular complexity index is 764. The number of benzene rings is 1. The lowest BCUT2D eigenvalue weighted by Crippen LogP contribution is -2.03. The Hall–Kier alpha value is -3.14. The third-order valence-corrected chi connectivity index (χ3v) is 3.79. The Morgan fingerprint density at radius 3 is 2.35 bits per heavy atom. The Morgan fingerprint density at radius 1 is 0.962 bits per heavy atom. The molecule has 1 aliphatic rings. The van der Waals surface area contributed by atoms with Crippen molar-refractivity contribution in [3.05, 3.63) is 85.0 Å². The van der Waals surface area contributed by atoms with Crippen molar-refractivity contribution >= 4 is 17.5 Å². The molecule has 0 bridgehead atoms. The molecule has 0 atom stereocenters. The first-order valence-corrected chi connectivity index (χ1v) is 8.43. The molecule has 0 unspecified atom stereocenters. The highest BCUT2D eigenvalue weighted by Gasteiger charge is 2.05. The van der Waals surface area contributed by atoms with E-state index in [9.17, 15) is 9.59 Å². The number of allylic oxidation sites excluding steroid dienone is 5. The van der Waals surface area contributed by atoms with Gasteiger partial charge in [-0.15, -0.1) is 0 Å². The van der Waals surface area contributed by atoms with Crippen molar-refractivity contribution in [3.63, 3.8) is 0 Å². The smallest absolute Gasteiger partial charge is 0.335 e. The average Bonchev–Trinajstić information content (AvgIpc) is 2.64. The number of esters is 2. The molecular weight excluding hydrogens is 328 g/mol. The molecule has 1 aromatic carbocycles. The SMILES string of the molecule is C=CC(=O)OCCC1=C/CC/C=C(c2ccc(OC(=O)C=C)cc2)/C=C\1. The van der Waals surface area contributed by atoms with Crippen LogP contribution in [0.5, 0.6) is 5.75 Å². The Balaban J connectivity index is 2.01. The lowest BCUT2D eigenvalue weighted by atomic mass is 9.99. The number of hydrogen-bond acceptors (Lipinski definition) is 4. The van der Waals surface area contributed by atoms with Gasteiger partial charge in [-0.1, -0.05) is 49.6 Å². The van der Waals surface area contributed by atoms with Crippen molar-refractivity contribution in [3.8, 4) is 5.75 Å². The molecular formula is C22H22O4. The predicted octanol–water partition coefficient (Wildman–Crippen LogP) is 4.56. The highest BCUT2D eigenvalue weighted by atomic mass is 16.5. The molecule has 0 spiro atoms. The van der Waals surface area contributed by atoms with Gasteiger partial charge in [0.05, 0.1) is 6.61 Å². The topological polar surface area (TPSA) is 52.6 Å². The van der Waals surface area contributed by atoms with E-state index in [1.807, 2.05) is 24.3 Å². The van der Waals surface area contributed by atoms with Gasteiger partial charge in [0.15, 0.2) is 0 Å². The molecule has 0 amide bonds. The van der Waals surface area contributed by atoms with Gasteiger partial charge in [-0.25, -0.2) is 9.59 Å². The normalized spacial score (nSPS) is 18.8. The van der Waals surface area contributed by atoms with Crippen molar-refractivity contribution in [1.82, 2.24) is 0 Å². The van der Waals surface area contributed by atoms with Gasteiger partial charge < -0.3 is 9.47 Å². The third kappa shape index (κ3) is 6.06. The lowest BCUT2D eigenvalue weighted by molar-refractivity contribution is -0.137. The first kappa shape index (κ1) is 19.2. The second kappa shape index (κ2) is 9.99. The van der Waals surface area contributed by atoms with E-state index in [0.717, 1.165) is 35.6 Å². The summed E-state index contributed by atoms with van der Waals surface area (Å²) in [4.78, 5) is 22.3. The molecule has 0 radical (unpaired) electrons. The summed E-state index contributed by atoms with van der Waals surface area (Å²) in [6.45, 7) is 7.10. The van der Waals surface area contributed by atoms with Crippen molar-refractivity contribution in [1.29, 1.82) is 0 Å². The maximum Gasteiger partial charge on any atom is 0.335 e. The number of carbonyl (C=O) groups is 2. The van der Waals surface area contributed by atoms with Crippen molar-refractivity contribution < 1.29 is 19.1 Å². The Morgan fingerprint density at radius 2 is 1.65 bits per heavy atom. The van der Waals surface area contributed by atoms with Crippen LogP contribution in [0.25, 0.3) is 5.57 Å². The number of rotatable bonds is 7. The molecule has 0 aliphatic heterocycles. The van der Waals surface area contributed by atoms with Gasteiger partial charge in [-0.3, -0.25) is 0 Å². The molecule has 0 fully saturated rings. The molecule has 26 heavy (non-hydrogen) atoms. The minimum absolute atomic E-state index is 0.337. The summed E-state index contributed by atoms with van der Waals surface area (Å²) in [7, 11) is 0. The van der Waals surface area contributed by atoms with Gasteiger partial charge in [0.25, 0.3) is 0 Å². The summed E-state index contributed by atoms with van der Waals surface area (Å²) < 4.78 is 10.1. The van der Waals surface area contributed by atoms with Crippen molar-refractivity contribution in [2.45, 2.75) is 19.3 Å². The van der Waals surface area contributed by atoms with Crippen LogP contribution in [-0.4, -0.2) is 18.5 Å². The van der Waals surface area contributed by atoms with Crippen LogP contribution >= 0.6 is 0 Å². The van der Waals surface area contributed by atoms with Crippen LogP contribution in [0.3, 0.4) is 0 Å². The maximum atomic E-state index is 11.2. The summed E-state index contributed by atoms with van der Waals surface area (Å²) >= 11 is 0. The van der Waals surface area contributed by atoms with Crippen LogP contribution in [0, 0.1) is 0 Å². The largest absolute Gasteiger partial charge is 0.462 e. The van der Waals surface area contributed by atoms with Crippen LogP contribution in [0.4, 0.5) is 0 Å². The summed E-state index contributed by atoms with van der Waals surface area (Å²) in [5, 5.41) is 0. The molecule has 2 rings (SSSR count). The number of hydrogen-bond donors (Lipinski definition) is 0. The predicted molar refractivity (Wildman–Crippen MR) is 102 cm³/mol. The van der Waals surface area contributed by atoms with E-state index < -0.39 is 11.9 Å². The van der Waals surface area contributed by atoms with E-state index in [2.05, 4.69) is 25.3 Å². The van der Waals surface area contributed by atoms with Crippen LogP contribution in [-0.2, 0) is 14.3 Å². The molecule has 0 aromatic heterocycles. The molecule has 4 nitrogen and oxygen atoms in total. The van der Waals surface area contributed by atoms with Gasteiger partial charge >= 0.3 is 11.9 Å². The second-order valence-corrected chi connectivity index (χ2v) is 5.62. The quantitative estimate of drug-likeness (QED) is 0.411. The zero-order valence-corrected chi connectivity index (χ0v) is 14.6. The lowest BCUT2D eigenvalue weighted by Gasteiger charge is -2.09. The minimum atomic E-state index is -0.477. The maximum absolute atomic E-state index is 11.2. The van der Waals surface area contributed by atoms with E-state index in [-0.39, 0.29) is 0 Å². The summed E-state index contributed by atoms with van der Waals surface area (Å²) in [6.07, 6.45) is 13.2. The molecule has 1 aliphatic carbocycles. The Kier molecular flexibility index (Phi) is 7.37. The van der Waals surface area contributed by atoms with Crippen LogP contribution in [0.2, 0.25) is 0 Å². The fourth-order valence-corrected chi connectivity index (χ4v) is 2.44.